The predicted molar refractivity (Wildman–Crippen MR) is 110 cm³/mol. The summed E-state index contributed by atoms with van der Waals surface area (Å²) in [5.41, 5.74) is 3.37. The summed E-state index contributed by atoms with van der Waals surface area (Å²) in [4.78, 5) is 7.87. The molecule has 2 aromatic heterocycles. The van der Waals surface area contributed by atoms with E-state index < -0.39 is 0 Å². The maximum absolute atomic E-state index is 5.17. The van der Waals surface area contributed by atoms with Crippen LogP contribution in [0.15, 0.2) is 48.7 Å². The van der Waals surface area contributed by atoms with Crippen LogP contribution in [0.4, 0.5) is 5.95 Å². The third-order valence-corrected chi connectivity index (χ3v) is 5.57. The Kier molecular flexibility index (Phi) is 4.58. The number of rotatable bonds is 5. The molecule has 0 aliphatic heterocycles. The second-order valence-corrected chi connectivity index (χ2v) is 7.44. The minimum Gasteiger partial charge on any atom is -0.497 e. The van der Waals surface area contributed by atoms with E-state index in [1.54, 1.807) is 7.11 Å². The summed E-state index contributed by atoms with van der Waals surface area (Å²) in [6.07, 6.45) is 2.01. The van der Waals surface area contributed by atoms with Gasteiger partial charge in [-0.05, 0) is 70.0 Å². The first-order valence-corrected chi connectivity index (χ1v) is 9.55. The zero-order chi connectivity index (χ0) is 17.2. The number of H-pyrrole nitrogens is 1. The summed E-state index contributed by atoms with van der Waals surface area (Å²) in [5, 5.41) is 5.39. The molecular formula is C18H15IN4OS. The maximum Gasteiger partial charge on any atom is 0.235 e. The van der Waals surface area contributed by atoms with Crippen molar-refractivity contribution in [3.8, 4) is 16.3 Å². The zero-order valence-corrected chi connectivity index (χ0v) is 16.4. The van der Waals surface area contributed by atoms with E-state index in [9.17, 15) is 0 Å². The van der Waals surface area contributed by atoms with Crippen LogP contribution >= 0.6 is 34.1 Å². The fourth-order valence-electron chi connectivity index (χ4n) is 2.56. The molecule has 0 saturated carbocycles. The van der Waals surface area contributed by atoms with E-state index in [1.165, 1.54) is 20.5 Å². The van der Waals surface area contributed by atoms with Gasteiger partial charge in [0.1, 0.15) is 10.8 Å². The number of hydrogen-bond acceptors (Lipinski definition) is 5. The molecular weight excluding hydrogens is 447 g/mol. The summed E-state index contributed by atoms with van der Waals surface area (Å²) < 4.78 is 10.8. The average molecular weight is 462 g/mol. The topological polar surface area (TPSA) is 62.8 Å². The molecule has 4 rings (SSSR count). The lowest BCUT2D eigenvalue weighted by Gasteiger charge is -2.04. The molecule has 0 aliphatic rings. The van der Waals surface area contributed by atoms with Gasteiger partial charge in [-0.1, -0.05) is 12.1 Å². The Labute approximate surface area is 162 Å². The number of fused-ring (bicyclic) bond motifs is 1. The third-order valence-electron chi connectivity index (χ3n) is 3.91. The number of halogens is 1. The highest BCUT2D eigenvalue weighted by Crippen LogP contribution is 2.29. The van der Waals surface area contributed by atoms with Gasteiger partial charge in [-0.2, -0.15) is 9.36 Å². The first-order chi connectivity index (χ1) is 12.2. The van der Waals surface area contributed by atoms with Crippen LogP contribution < -0.4 is 10.1 Å². The molecule has 0 fully saturated rings. The molecule has 2 N–H and O–H groups in total. The number of methoxy groups -OCH3 is 1. The molecule has 4 aromatic rings. The Morgan fingerprint density at radius 2 is 2.04 bits per heavy atom. The van der Waals surface area contributed by atoms with Crippen molar-refractivity contribution in [2.45, 2.75) is 6.54 Å². The van der Waals surface area contributed by atoms with Gasteiger partial charge in [0.25, 0.3) is 0 Å². The van der Waals surface area contributed by atoms with E-state index in [0.717, 1.165) is 27.4 Å². The van der Waals surface area contributed by atoms with Crippen molar-refractivity contribution in [3.05, 3.63) is 57.8 Å². The summed E-state index contributed by atoms with van der Waals surface area (Å²) >= 11 is 3.74. The molecule has 0 amide bonds. The van der Waals surface area contributed by atoms with Crippen molar-refractivity contribution < 1.29 is 4.74 Å². The van der Waals surface area contributed by atoms with E-state index in [4.69, 9.17) is 4.74 Å². The number of aromatic nitrogens is 3. The second-order valence-electron chi connectivity index (χ2n) is 5.52. The number of ether oxygens (including phenoxy) is 1. The van der Waals surface area contributed by atoms with Gasteiger partial charge < -0.3 is 15.0 Å². The van der Waals surface area contributed by atoms with Crippen LogP contribution in [0.2, 0.25) is 0 Å². The number of anilines is 1. The molecule has 7 heteroatoms. The first-order valence-electron chi connectivity index (χ1n) is 7.70. The van der Waals surface area contributed by atoms with Gasteiger partial charge in [-0.25, -0.2) is 0 Å². The largest absolute Gasteiger partial charge is 0.497 e. The van der Waals surface area contributed by atoms with Gasteiger partial charge in [0.15, 0.2) is 0 Å². The number of nitrogens with zero attached hydrogens (tertiary/aromatic N) is 2. The lowest BCUT2D eigenvalue weighted by Crippen LogP contribution is -2.00. The van der Waals surface area contributed by atoms with E-state index in [0.29, 0.717) is 12.5 Å². The van der Waals surface area contributed by atoms with Crippen molar-refractivity contribution in [2.24, 2.45) is 0 Å². The van der Waals surface area contributed by atoms with Crippen LogP contribution in [0.5, 0.6) is 5.75 Å². The predicted octanol–water partition coefficient (Wildman–Crippen LogP) is 4.91. The van der Waals surface area contributed by atoms with Gasteiger partial charge in [0.2, 0.25) is 5.95 Å². The highest BCUT2D eigenvalue weighted by molar-refractivity contribution is 14.1. The number of nitrogens with one attached hydrogen (secondary N) is 2. The molecule has 0 bridgehead atoms. The van der Waals surface area contributed by atoms with Gasteiger partial charge >= 0.3 is 0 Å². The van der Waals surface area contributed by atoms with Crippen molar-refractivity contribution in [2.75, 3.05) is 12.4 Å². The lowest BCUT2D eigenvalue weighted by molar-refractivity contribution is 0.414. The van der Waals surface area contributed by atoms with Crippen LogP contribution in [-0.4, -0.2) is 21.5 Å². The fraction of sp³-hybridized carbons (Fsp3) is 0.111. The van der Waals surface area contributed by atoms with Crippen molar-refractivity contribution in [1.29, 1.82) is 0 Å². The minimum atomic E-state index is 0.652. The first kappa shape index (κ1) is 16.3. The van der Waals surface area contributed by atoms with Crippen molar-refractivity contribution >= 4 is 51.0 Å². The molecule has 0 aliphatic carbocycles. The van der Waals surface area contributed by atoms with Crippen LogP contribution in [0, 0.1) is 3.57 Å². The SMILES string of the molecule is COc1ccc(CNc2nsc(-c3ccc4[nH]cc(I)c4c3)n2)cc1. The third kappa shape index (κ3) is 3.47. The smallest absolute Gasteiger partial charge is 0.235 e. The van der Waals surface area contributed by atoms with Crippen LogP contribution in [0.3, 0.4) is 0 Å². The summed E-state index contributed by atoms with van der Waals surface area (Å²) in [6.45, 7) is 0.676. The van der Waals surface area contributed by atoms with Crippen molar-refractivity contribution in [1.82, 2.24) is 14.3 Å². The van der Waals surface area contributed by atoms with E-state index in [1.807, 2.05) is 30.5 Å². The van der Waals surface area contributed by atoms with E-state index in [2.05, 4.69) is 60.4 Å². The summed E-state index contributed by atoms with van der Waals surface area (Å²) in [5.74, 6) is 1.51. The van der Waals surface area contributed by atoms with Crippen molar-refractivity contribution in [3.63, 3.8) is 0 Å². The van der Waals surface area contributed by atoms with Gasteiger partial charge in [0.05, 0.1) is 7.11 Å². The highest BCUT2D eigenvalue weighted by atomic mass is 127. The molecule has 0 saturated heterocycles. The van der Waals surface area contributed by atoms with Crippen LogP contribution in [0.25, 0.3) is 21.5 Å². The van der Waals surface area contributed by atoms with E-state index >= 15 is 0 Å². The lowest BCUT2D eigenvalue weighted by atomic mass is 10.2. The molecule has 2 aromatic carbocycles. The number of aromatic amines is 1. The second kappa shape index (κ2) is 7.01. The molecule has 0 spiro atoms. The number of benzene rings is 2. The Morgan fingerprint density at radius 3 is 2.84 bits per heavy atom. The maximum atomic E-state index is 5.17. The summed E-state index contributed by atoms with van der Waals surface area (Å²) in [6, 6.07) is 14.3. The van der Waals surface area contributed by atoms with Gasteiger partial charge in [0, 0.05) is 32.8 Å². The van der Waals surface area contributed by atoms with Gasteiger partial charge in [-0.3, -0.25) is 0 Å². The molecule has 2 heterocycles. The average Bonchev–Trinajstić information content (AvgIpc) is 3.27. The highest BCUT2D eigenvalue weighted by Gasteiger charge is 2.09. The summed E-state index contributed by atoms with van der Waals surface area (Å²) in [7, 11) is 1.67. The standard InChI is InChI=1S/C18H15IN4OS/c1-24-13-5-2-11(3-6-13)9-21-18-22-17(25-23-18)12-4-7-16-14(8-12)15(19)10-20-16/h2-8,10,20H,9H2,1H3,(H,21,23). The Balaban J connectivity index is 1.49. The zero-order valence-electron chi connectivity index (χ0n) is 13.4. The van der Waals surface area contributed by atoms with Crippen LogP contribution in [0.1, 0.15) is 5.56 Å². The minimum absolute atomic E-state index is 0.652. The molecule has 0 radical (unpaired) electrons. The Hall–Kier alpha value is -2.13. The molecule has 0 atom stereocenters. The molecule has 25 heavy (non-hydrogen) atoms. The Bertz CT molecular complexity index is 1010. The normalized spacial score (nSPS) is 11.0. The van der Waals surface area contributed by atoms with Crippen LogP contribution in [-0.2, 0) is 6.54 Å². The quantitative estimate of drug-likeness (QED) is 0.414. The van der Waals surface area contributed by atoms with Gasteiger partial charge in [-0.15, -0.1) is 0 Å². The molecule has 5 nitrogen and oxygen atoms in total. The molecule has 126 valence electrons. The number of hydrogen-bond donors (Lipinski definition) is 2. The monoisotopic (exact) mass is 462 g/mol. The van der Waals surface area contributed by atoms with E-state index in [-0.39, 0.29) is 0 Å². The molecule has 0 unspecified atom stereocenters. The fourth-order valence-corrected chi connectivity index (χ4v) is 3.80. The Morgan fingerprint density at radius 1 is 1.20 bits per heavy atom.